The van der Waals surface area contributed by atoms with Gasteiger partial charge in [0.25, 0.3) is 0 Å². The summed E-state index contributed by atoms with van der Waals surface area (Å²) < 4.78 is 12.4. The third-order valence-corrected chi connectivity index (χ3v) is 6.98. The molecule has 0 saturated heterocycles. The van der Waals surface area contributed by atoms with Crippen LogP contribution < -0.4 is 0 Å². The number of carboxylic acids is 1. The van der Waals surface area contributed by atoms with E-state index in [1.807, 2.05) is 43.3 Å². The molecule has 0 bridgehead atoms. The van der Waals surface area contributed by atoms with Crippen molar-refractivity contribution in [1.29, 1.82) is 0 Å². The highest BCUT2D eigenvalue weighted by atomic mass is 32.2. The van der Waals surface area contributed by atoms with Gasteiger partial charge in [-0.3, -0.25) is 9.00 Å². The number of carboxylic acid groups (broad SMARTS) is 1. The molecule has 0 aliphatic carbocycles. The number of carbonyl (C=O) groups is 1. The average molecular weight is 401 g/mol. The lowest BCUT2D eigenvalue weighted by atomic mass is 9.76. The van der Waals surface area contributed by atoms with Crippen LogP contribution in [-0.2, 0) is 21.0 Å². The highest BCUT2D eigenvalue weighted by molar-refractivity contribution is 7.84. The molecule has 0 saturated carbocycles. The van der Waals surface area contributed by atoms with Crippen LogP contribution in [0.1, 0.15) is 63.0 Å². The van der Waals surface area contributed by atoms with Crippen LogP contribution >= 0.6 is 0 Å². The fraction of sp³-hybridized carbons (Fsp3) is 0.458. The molecule has 3 atom stereocenters. The van der Waals surface area contributed by atoms with Crippen molar-refractivity contribution in [3.05, 3.63) is 71.8 Å². The van der Waals surface area contributed by atoms with Gasteiger partial charge in [0, 0.05) is 27.7 Å². The van der Waals surface area contributed by atoms with Gasteiger partial charge in [-0.05, 0) is 42.7 Å². The second kappa shape index (κ2) is 11.2. The van der Waals surface area contributed by atoms with E-state index in [0.717, 1.165) is 37.0 Å². The van der Waals surface area contributed by atoms with Crippen molar-refractivity contribution in [3.8, 4) is 0 Å². The van der Waals surface area contributed by atoms with Gasteiger partial charge in [-0.1, -0.05) is 74.5 Å². The molecule has 0 radical (unpaired) electrons. The summed E-state index contributed by atoms with van der Waals surface area (Å²) in [7, 11) is -0.844. The first kappa shape index (κ1) is 22.4. The molecule has 2 aromatic rings. The van der Waals surface area contributed by atoms with Gasteiger partial charge in [0.05, 0.1) is 6.42 Å². The Hall–Kier alpha value is -1.94. The van der Waals surface area contributed by atoms with Crippen LogP contribution in [0.2, 0.25) is 0 Å². The van der Waals surface area contributed by atoms with E-state index < -0.39 is 22.2 Å². The van der Waals surface area contributed by atoms with E-state index in [9.17, 15) is 14.1 Å². The van der Waals surface area contributed by atoms with Gasteiger partial charge >= 0.3 is 5.97 Å². The van der Waals surface area contributed by atoms with Crippen LogP contribution in [-0.4, -0.2) is 26.8 Å². The first-order valence-electron chi connectivity index (χ1n) is 10.1. The van der Waals surface area contributed by atoms with Crippen LogP contribution in [0, 0.1) is 0 Å². The highest BCUT2D eigenvalue weighted by Crippen LogP contribution is 2.32. The van der Waals surface area contributed by atoms with Gasteiger partial charge in [-0.25, -0.2) is 0 Å². The van der Waals surface area contributed by atoms with Gasteiger partial charge in [0.1, 0.15) is 0 Å². The second-order valence-corrected chi connectivity index (χ2v) is 9.60. The van der Waals surface area contributed by atoms with E-state index in [2.05, 4.69) is 31.2 Å². The fourth-order valence-electron chi connectivity index (χ4n) is 3.73. The molecular formula is C24H32O3S. The molecular weight excluding hydrogens is 368 g/mol. The number of hydrogen-bond acceptors (Lipinski definition) is 2. The maximum Gasteiger partial charge on any atom is 0.304 e. The van der Waals surface area contributed by atoms with E-state index in [4.69, 9.17) is 0 Å². The van der Waals surface area contributed by atoms with Crippen molar-refractivity contribution in [2.45, 2.75) is 57.3 Å². The summed E-state index contributed by atoms with van der Waals surface area (Å²) in [6, 6.07) is 20.3. The summed E-state index contributed by atoms with van der Waals surface area (Å²) in [4.78, 5) is 11.3. The molecule has 0 aliphatic rings. The minimum Gasteiger partial charge on any atom is -0.481 e. The van der Waals surface area contributed by atoms with Crippen molar-refractivity contribution >= 4 is 16.8 Å². The number of rotatable bonds is 12. The van der Waals surface area contributed by atoms with Gasteiger partial charge in [-0.15, -0.1) is 0 Å². The van der Waals surface area contributed by atoms with Crippen molar-refractivity contribution in [3.63, 3.8) is 0 Å². The van der Waals surface area contributed by atoms with E-state index in [1.54, 1.807) is 0 Å². The Morgan fingerprint density at radius 2 is 1.57 bits per heavy atom. The molecule has 0 aromatic heterocycles. The molecule has 4 heteroatoms. The lowest BCUT2D eigenvalue weighted by molar-refractivity contribution is -0.138. The van der Waals surface area contributed by atoms with Crippen LogP contribution in [0.15, 0.2) is 60.7 Å². The molecule has 0 fully saturated rings. The maximum absolute atomic E-state index is 12.4. The zero-order valence-corrected chi connectivity index (χ0v) is 17.8. The summed E-state index contributed by atoms with van der Waals surface area (Å²) in [5.74, 6) is 1.05. The summed E-state index contributed by atoms with van der Waals surface area (Å²) >= 11 is 0. The predicted octanol–water partition coefficient (Wildman–Crippen LogP) is 5.53. The van der Waals surface area contributed by atoms with Gasteiger partial charge in [0.2, 0.25) is 0 Å². The third-order valence-electron chi connectivity index (χ3n) is 5.49. The Bertz CT molecular complexity index is 745. The van der Waals surface area contributed by atoms with Crippen LogP contribution in [0.3, 0.4) is 0 Å². The molecule has 0 amide bonds. The van der Waals surface area contributed by atoms with Gasteiger partial charge < -0.3 is 5.11 Å². The summed E-state index contributed by atoms with van der Waals surface area (Å²) in [5.41, 5.74) is 1.96. The normalized spacial score (nSPS) is 15.5. The molecule has 2 aromatic carbocycles. The lowest BCUT2D eigenvalue weighted by Gasteiger charge is -2.28. The molecule has 0 heterocycles. The smallest absolute Gasteiger partial charge is 0.304 e. The summed E-state index contributed by atoms with van der Waals surface area (Å²) in [5, 5.41) is 9.32. The number of hydrogen-bond donors (Lipinski definition) is 1. The standard InChI is InChI=1S/C24H32O3S/c1-20(21-12-5-3-6-13-21)11-9-17-28(27)18-10-16-24(2,19-23(25)26)22-14-7-4-8-15-22/h3-8,12-15,20H,9-11,16-19H2,1-2H3,(H,25,26). The topological polar surface area (TPSA) is 54.4 Å². The Labute approximate surface area is 171 Å². The molecule has 2 rings (SSSR count). The monoisotopic (exact) mass is 400 g/mol. The lowest BCUT2D eigenvalue weighted by Crippen LogP contribution is -2.26. The Morgan fingerprint density at radius 1 is 1.00 bits per heavy atom. The molecule has 1 N–H and O–H groups in total. The van der Waals surface area contributed by atoms with Crippen LogP contribution in [0.5, 0.6) is 0 Å². The molecule has 3 unspecified atom stereocenters. The van der Waals surface area contributed by atoms with E-state index >= 15 is 0 Å². The SMILES string of the molecule is CC(CCCS(=O)CCCC(C)(CC(=O)O)c1ccccc1)c1ccccc1. The summed E-state index contributed by atoms with van der Waals surface area (Å²) in [6.07, 6.45) is 3.59. The first-order chi connectivity index (χ1) is 13.4. The fourth-order valence-corrected chi connectivity index (χ4v) is 4.89. The van der Waals surface area contributed by atoms with E-state index in [-0.39, 0.29) is 6.42 Å². The Morgan fingerprint density at radius 3 is 2.18 bits per heavy atom. The van der Waals surface area contributed by atoms with E-state index in [1.165, 1.54) is 5.56 Å². The highest BCUT2D eigenvalue weighted by Gasteiger charge is 2.29. The molecule has 28 heavy (non-hydrogen) atoms. The second-order valence-electron chi connectivity index (χ2n) is 7.90. The van der Waals surface area contributed by atoms with Gasteiger partial charge in [-0.2, -0.15) is 0 Å². The molecule has 152 valence electrons. The van der Waals surface area contributed by atoms with Crippen molar-refractivity contribution in [2.75, 3.05) is 11.5 Å². The molecule has 0 spiro atoms. The van der Waals surface area contributed by atoms with Crippen LogP contribution in [0.25, 0.3) is 0 Å². The quantitative estimate of drug-likeness (QED) is 0.509. The van der Waals surface area contributed by atoms with Crippen molar-refractivity contribution < 1.29 is 14.1 Å². The third kappa shape index (κ3) is 7.23. The molecule has 0 aliphatic heterocycles. The van der Waals surface area contributed by atoms with Crippen molar-refractivity contribution in [1.82, 2.24) is 0 Å². The molecule has 3 nitrogen and oxygen atoms in total. The average Bonchev–Trinajstić information content (AvgIpc) is 2.68. The Balaban J connectivity index is 1.77. The number of aliphatic carboxylic acids is 1. The Kier molecular flexibility index (Phi) is 8.91. The van der Waals surface area contributed by atoms with Crippen LogP contribution in [0.4, 0.5) is 0 Å². The first-order valence-corrected chi connectivity index (χ1v) is 11.6. The largest absolute Gasteiger partial charge is 0.481 e. The minimum atomic E-state index is -0.844. The predicted molar refractivity (Wildman–Crippen MR) is 117 cm³/mol. The van der Waals surface area contributed by atoms with E-state index in [0.29, 0.717) is 11.7 Å². The van der Waals surface area contributed by atoms with Gasteiger partial charge in [0.15, 0.2) is 0 Å². The minimum absolute atomic E-state index is 0.0955. The summed E-state index contributed by atoms with van der Waals surface area (Å²) in [6.45, 7) is 4.22. The number of benzene rings is 2. The zero-order valence-electron chi connectivity index (χ0n) is 17.0. The maximum atomic E-state index is 12.4. The zero-order chi connectivity index (χ0) is 20.4. The van der Waals surface area contributed by atoms with Crippen molar-refractivity contribution in [2.24, 2.45) is 0 Å².